The average Bonchev–Trinajstić information content (AvgIpc) is 2.61. The van der Waals surface area contributed by atoms with Crippen LogP contribution in [0.1, 0.15) is 5.56 Å². The van der Waals surface area contributed by atoms with Gasteiger partial charge in [-0.3, -0.25) is 9.59 Å². The summed E-state index contributed by atoms with van der Waals surface area (Å²) in [4.78, 5) is 23.3. The minimum Gasteiger partial charge on any atom is -0.484 e. The molecule has 2 aromatic carbocycles. The van der Waals surface area contributed by atoms with Gasteiger partial charge in [-0.05, 0) is 30.3 Å². The normalized spacial score (nSPS) is 9.80. The molecular formula is C17H13F2N3O3. The number of carbonyl (C=O) groups excluding carboxylic acids is 2. The summed E-state index contributed by atoms with van der Waals surface area (Å²) in [5, 5.41) is 13.4. The molecule has 0 atom stereocenters. The monoisotopic (exact) mass is 345 g/mol. The number of nitriles is 1. The first-order valence-electron chi connectivity index (χ1n) is 7.12. The first kappa shape index (κ1) is 17.9. The Bertz CT molecular complexity index is 834. The second-order valence-corrected chi connectivity index (χ2v) is 4.88. The standard InChI is InChI=1S/C17H13F2N3O3/c18-14-5-4-12(7-15(14)19)22-16(23)9-21-17(24)10-25-13-3-1-2-11(6-13)8-20/h1-7H,9-10H2,(H,21,24)(H,22,23). The van der Waals surface area contributed by atoms with E-state index in [0.717, 1.165) is 12.1 Å². The lowest BCUT2D eigenvalue weighted by Gasteiger charge is -2.08. The number of rotatable bonds is 6. The zero-order valence-electron chi connectivity index (χ0n) is 12.9. The highest BCUT2D eigenvalue weighted by Crippen LogP contribution is 2.13. The zero-order valence-corrected chi connectivity index (χ0v) is 12.9. The number of benzene rings is 2. The molecule has 0 radical (unpaired) electrons. The summed E-state index contributed by atoms with van der Waals surface area (Å²) in [5.41, 5.74) is 0.464. The maximum atomic E-state index is 13.0. The third kappa shape index (κ3) is 5.58. The summed E-state index contributed by atoms with van der Waals surface area (Å²) >= 11 is 0. The molecule has 0 fully saturated rings. The van der Waals surface area contributed by atoms with Crippen LogP contribution in [-0.2, 0) is 9.59 Å². The summed E-state index contributed by atoms with van der Waals surface area (Å²) < 4.78 is 31.0. The van der Waals surface area contributed by atoms with Crippen LogP contribution >= 0.6 is 0 Å². The maximum Gasteiger partial charge on any atom is 0.258 e. The van der Waals surface area contributed by atoms with E-state index < -0.39 is 23.4 Å². The van der Waals surface area contributed by atoms with E-state index >= 15 is 0 Å². The van der Waals surface area contributed by atoms with Gasteiger partial charge in [0.2, 0.25) is 5.91 Å². The molecule has 128 valence electrons. The fourth-order valence-corrected chi connectivity index (χ4v) is 1.81. The summed E-state index contributed by atoms with van der Waals surface area (Å²) in [6, 6.07) is 11.1. The zero-order chi connectivity index (χ0) is 18.2. The molecule has 0 aromatic heterocycles. The lowest BCUT2D eigenvalue weighted by molar-refractivity contribution is -0.125. The molecule has 0 saturated carbocycles. The molecule has 0 aliphatic heterocycles. The van der Waals surface area contributed by atoms with Crippen LogP contribution in [0.25, 0.3) is 0 Å². The van der Waals surface area contributed by atoms with Gasteiger partial charge in [-0.15, -0.1) is 0 Å². The number of anilines is 1. The second kappa shape index (κ2) is 8.40. The molecule has 0 spiro atoms. The topological polar surface area (TPSA) is 91.2 Å². The van der Waals surface area contributed by atoms with Gasteiger partial charge in [-0.25, -0.2) is 8.78 Å². The first-order chi connectivity index (χ1) is 12.0. The molecule has 2 N–H and O–H groups in total. The summed E-state index contributed by atoms with van der Waals surface area (Å²) in [7, 11) is 0. The smallest absolute Gasteiger partial charge is 0.258 e. The molecule has 2 rings (SSSR count). The van der Waals surface area contributed by atoms with Crippen LogP contribution in [0.2, 0.25) is 0 Å². The van der Waals surface area contributed by atoms with E-state index in [2.05, 4.69) is 10.6 Å². The van der Waals surface area contributed by atoms with Gasteiger partial charge < -0.3 is 15.4 Å². The highest BCUT2D eigenvalue weighted by molar-refractivity contribution is 5.94. The molecular weight excluding hydrogens is 332 g/mol. The predicted octanol–water partition coefficient (Wildman–Crippen LogP) is 1.97. The van der Waals surface area contributed by atoms with Gasteiger partial charge in [0.25, 0.3) is 5.91 Å². The highest BCUT2D eigenvalue weighted by atomic mass is 19.2. The van der Waals surface area contributed by atoms with Crippen molar-refractivity contribution in [2.24, 2.45) is 0 Å². The molecule has 0 aliphatic rings. The number of halogens is 2. The van der Waals surface area contributed by atoms with Gasteiger partial charge in [0.05, 0.1) is 18.2 Å². The van der Waals surface area contributed by atoms with E-state index in [9.17, 15) is 18.4 Å². The van der Waals surface area contributed by atoms with Crippen LogP contribution in [-0.4, -0.2) is 25.0 Å². The lowest BCUT2D eigenvalue weighted by Crippen LogP contribution is -2.35. The SMILES string of the molecule is N#Cc1cccc(OCC(=O)NCC(=O)Nc2ccc(F)c(F)c2)c1. The molecule has 2 amide bonds. The number of hydrogen-bond acceptors (Lipinski definition) is 4. The number of ether oxygens (including phenoxy) is 1. The van der Waals surface area contributed by atoms with Crippen LogP contribution < -0.4 is 15.4 Å². The Morgan fingerprint density at radius 3 is 2.60 bits per heavy atom. The van der Waals surface area contributed by atoms with Crippen molar-refractivity contribution in [2.75, 3.05) is 18.5 Å². The van der Waals surface area contributed by atoms with Crippen molar-refractivity contribution in [1.82, 2.24) is 5.32 Å². The van der Waals surface area contributed by atoms with Gasteiger partial charge in [-0.1, -0.05) is 6.07 Å². The first-order valence-corrected chi connectivity index (χ1v) is 7.12. The van der Waals surface area contributed by atoms with E-state index in [4.69, 9.17) is 10.00 Å². The number of nitrogens with zero attached hydrogens (tertiary/aromatic N) is 1. The molecule has 0 heterocycles. The molecule has 8 heteroatoms. The molecule has 0 saturated heterocycles. The largest absolute Gasteiger partial charge is 0.484 e. The fraction of sp³-hybridized carbons (Fsp3) is 0.118. The summed E-state index contributed by atoms with van der Waals surface area (Å²) in [6.07, 6.45) is 0. The van der Waals surface area contributed by atoms with Crippen LogP contribution in [0.15, 0.2) is 42.5 Å². The second-order valence-electron chi connectivity index (χ2n) is 4.88. The molecule has 2 aromatic rings. The molecule has 0 bridgehead atoms. The van der Waals surface area contributed by atoms with E-state index in [0.29, 0.717) is 11.3 Å². The summed E-state index contributed by atoms with van der Waals surface area (Å²) in [5.74, 6) is -2.92. The number of amides is 2. The van der Waals surface area contributed by atoms with Gasteiger partial charge in [0, 0.05) is 11.8 Å². The van der Waals surface area contributed by atoms with E-state index in [1.54, 1.807) is 18.2 Å². The number of hydrogen-bond donors (Lipinski definition) is 2. The van der Waals surface area contributed by atoms with Crippen LogP contribution in [0.4, 0.5) is 14.5 Å². The molecule has 25 heavy (non-hydrogen) atoms. The van der Waals surface area contributed by atoms with Gasteiger partial charge in [0.1, 0.15) is 5.75 Å². The lowest BCUT2D eigenvalue weighted by atomic mass is 10.2. The third-order valence-corrected chi connectivity index (χ3v) is 2.98. The molecule has 0 unspecified atom stereocenters. The minimum absolute atomic E-state index is 0.0720. The van der Waals surface area contributed by atoms with E-state index in [1.165, 1.54) is 12.1 Å². The number of carbonyl (C=O) groups is 2. The molecule has 6 nitrogen and oxygen atoms in total. The van der Waals surface area contributed by atoms with Crippen molar-refractivity contribution >= 4 is 17.5 Å². The Balaban J connectivity index is 1.76. The van der Waals surface area contributed by atoms with Crippen LogP contribution in [0, 0.1) is 23.0 Å². The van der Waals surface area contributed by atoms with Crippen molar-refractivity contribution in [2.45, 2.75) is 0 Å². The van der Waals surface area contributed by atoms with E-state index in [1.807, 2.05) is 6.07 Å². The van der Waals surface area contributed by atoms with E-state index in [-0.39, 0.29) is 18.8 Å². The van der Waals surface area contributed by atoms with Gasteiger partial charge in [0.15, 0.2) is 18.2 Å². The van der Waals surface area contributed by atoms with Crippen molar-refractivity contribution in [3.63, 3.8) is 0 Å². The molecule has 0 aliphatic carbocycles. The van der Waals surface area contributed by atoms with Crippen LogP contribution in [0.5, 0.6) is 5.75 Å². The number of nitrogens with one attached hydrogen (secondary N) is 2. The average molecular weight is 345 g/mol. The minimum atomic E-state index is -1.09. The summed E-state index contributed by atoms with van der Waals surface area (Å²) in [6.45, 7) is -0.702. The Hall–Kier alpha value is -3.47. The Morgan fingerprint density at radius 1 is 1.08 bits per heavy atom. The predicted molar refractivity (Wildman–Crippen MR) is 84.6 cm³/mol. The quantitative estimate of drug-likeness (QED) is 0.837. The third-order valence-electron chi connectivity index (χ3n) is 2.98. The van der Waals surface area contributed by atoms with Crippen LogP contribution in [0.3, 0.4) is 0 Å². The van der Waals surface area contributed by atoms with Crippen molar-refractivity contribution in [1.29, 1.82) is 5.26 Å². The Labute approximate surface area is 142 Å². The Kier molecular flexibility index (Phi) is 6.01. The Morgan fingerprint density at radius 2 is 1.88 bits per heavy atom. The van der Waals surface area contributed by atoms with Crippen molar-refractivity contribution in [3.8, 4) is 11.8 Å². The fourth-order valence-electron chi connectivity index (χ4n) is 1.81. The van der Waals surface area contributed by atoms with Gasteiger partial charge in [-0.2, -0.15) is 5.26 Å². The van der Waals surface area contributed by atoms with Gasteiger partial charge >= 0.3 is 0 Å². The van der Waals surface area contributed by atoms with Crippen molar-refractivity contribution < 1.29 is 23.1 Å². The highest BCUT2D eigenvalue weighted by Gasteiger charge is 2.09. The maximum absolute atomic E-state index is 13.0. The van der Waals surface area contributed by atoms with Crippen molar-refractivity contribution in [3.05, 3.63) is 59.7 Å².